The highest BCUT2D eigenvalue weighted by Gasteiger charge is 2.18. The molecule has 1 N–H and O–H groups in total. The first-order valence-corrected chi connectivity index (χ1v) is 4.25. The molecule has 0 unspecified atom stereocenters. The minimum Gasteiger partial charge on any atom is -0.312 e. The van der Waals surface area contributed by atoms with E-state index in [2.05, 4.69) is 5.32 Å². The Morgan fingerprint density at radius 1 is 1.43 bits per heavy atom. The number of nitro groups is 1. The van der Waals surface area contributed by atoms with Crippen molar-refractivity contribution in [1.29, 1.82) is 0 Å². The van der Waals surface area contributed by atoms with Gasteiger partial charge in [0.25, 0.3) is 5.69 Å². The molecule has 0 atom stereocenters. The molecule has 0 fully saturated rings. The standard InChI is InChI=1S/C9H10N2O2.ClH/c12-11(13)9-3-1-2-7-4-5-10-6-8(7)9;/h1-3,10H,4-6H2;1H. The maximum Gasteiger partial charge on any atom is 0.274 e. The van der Waals surface area contributed by atoms with Crippen LogP contribution in [0, 0.1) is 10.1 Å². The Bertz CT molecular complexity index is 355. The average molecular weight is 215 g/mol. The van der Waals surface area contributed by atoms with Crippen molar-refractivity contribution in [3.63, 3.8) is 0 Å². The predicted molar refractivity (Wildman–Crippen MR) is 55.8 cm³/mol. The molecule has 0 spiro atoms. The first-order chi connectivity index (χ1) is 6.29. The number of benzene rings is 1. The summed E-state index contributed by atoms with van der Waals surface area (Å²) >= 11 is 0. The molecule has 76 valence electrons. The van der Waals surface area contributed by atoms with Crippen LogP contribution >= 0.6 is 12.4 Å². The first-order valence-electron chi connectivity index (χ1n) is 4.25. The Morgan fingerprint density at radius 3 is 2.93 bits per heavy atom. The lowest BCUT2D eigenvalue weighted by Crippen LogP contribution is -2.24. The molecule has 5 heteroatoms. The number of fused-ring (bicyclic) bond motifs is 1. The molecule has 1 aromatic rings. The summed E-state index contributed by atoms with van der Waals surface area (Å²) in [5.41, 5.74) is 2.19. The summed E-state index contributed by atoms with van der Waals surface area (Å²) in [6.07, 6.45) is 0.886. The van der Waals surface area contributed by atoms with Gasteiger partial charge in [-0.1, -0.05) is 12.1 Å². The van der Waals surface area contributed by atoms with Gasteiger partial charge in [-0.2, -0.15) is 0 Å². The monoisotopic (exact) mass is 214 g/mol. The average Bonchev–Trinajstić information content (AvgIpc) is 2.17. The van der Waals surface area contributed by atoms with E-state index in [-0.39, 0.29) is 23.0 Å². The number of nitro benzene ring substituents is 1. The van der Waals surface area contributed by atoms with Crippen LogP contribution in [0.3, 0.4) is 0 Å². The molecule has 4 nitrogen and oxygen atoms in total. The summed E-state index contributed by atoms with van der Waals surface area (Å²) in [5.74, 6) is 0. The number of halogens is 1. The molecule has 0 radical (unpaired) electrons. The fraction of sp³-hybridized carbons (Fsp3) is 0.333. The minimum atomic E-state index is -0.314. The highest BCUT2D eigenvalue weighted by molar-refractivity contribution is 5.85. The molecule has 1 heterocycles. The van der Waals surface area contributed by atoms with Crippen LogP contribution < -0.4 is 5.32 Å². The lowest BCUT2D eigenvalue weighted by molar-refractivity contribution is -0.385. The number of hydrogen-bond donors (Lipinski definition) is 1. The van der Waals surface area contributed by atoms with Crippen molar-refractivity contribution < 1.29 is 4.92 Å². The van der Waals surface area contributed by atoms with Crippen molar-refractivity contribution in [3.8, 4) is 0 Å². The summed E-state index contributed by atoms with van der Waals surface area (Å²) in [5, 5.41) is 13.8. The maximum atomic E-state index is 10.7. The van der Waals surface area contributed by atoms with Crippen molar-refractivity contribution in [2.24, 2.45) is 0 Å². The van der Waals surface area contributed by atoms with Crippen LogP contribution in [-0.4, -0.2) is 11.5 Å². The van der Waals surface area contributed by atoms with Crippen LogP contribution in [0.2, 0.25) is 0 Å². The number of nitrogens with zero attached hydrogens (tertiary/aromatic N) is 1. The molecule has 0 bridgehead atoms. The van der Waals surface area contributed by atoms with Gasteiger partial charge in [0.15, 0.2) is 0 Å². The zero-order chi connectivity index (χ0) is 9.26. The van der Waals surface area contributed by atoms with Crippen LogP contribution in [0.1, 0.15) is 11.1 Å². The van der Waals surface area contributed by atoms with Crippen molar-refractivity contribution in [2.75, 3.05) is 6.54 Å². The third-order valence-corrected chi connectivity index (χ3v) is 2.32. The van der Waals surface area contributed by atoms with E-state index in [0.29, 0.717) is 6.54 Å². The van der Waals surface area contributed by atoms with E-state index in [1.54, 1.807) is 12.1 Å². The van der Waals surface area contributed by atoms with Crippen molar-refractivity contribution in [1.82, 2.24) is 5.32 Å². The van der Waals surface area contributed by atoms with E-state index in [1.165, 1.54) is 0 Å². The molecule has 1 aliphatic rings. The van der Waals surface area contributed by atoms with Crippen molar-refractivity contribution in [3.05, 3.63) is 39.4 Å². The van der Waals surface area contributed by atoms with E-state index in [9.17, 15) is 10.1 Å². The predicted octanol–water partition coefficient (Wildman–Crippen LogP) is 1.66. The van der Waals surface area contributed by atoms with Gasteiger partial charge < -0.3 is 5.32 Å². The maximum absolute atomic E-state index is 10.7. The summed E-state index contributed by atoms with van der Waals surface area (Å²) in [7, 11) is 0. The highest BCUT2D eigenvalue weighted by Crippen LogP contribution is 2.24. The van der Waals surface area contributed by atoms with E-state index in [1.807, 2.05) is 6.07 Å². The molecule has 0 amide bonds. The smallest absolute Gasteiger partial charge is 0.274 e. The Labute approximate surface area is 87.9 Å². The summed E-state index contributed by atoms with van der Waals surface area (Å²) in [4.78, 5) is 10.3. The van der Waals surface area contributed by atoms with Gasteiger partial charge >= 0.3 is 0 Å². The molecule has 0 aromatic heterocycles. The van der Waals surface area contributed by atoms with E-state index in [4.69, 9.17) is 0 Å². The second-order valence-corrected chi connectivity index (χ2v) is 3.10. The first kappa shape index (κ1) is 10.9. The van der Waals surface area contributed by atoms with Crippen LogP contribution in [0.25, 0.3) is 0 Å². The van der Waals surface area contributed by atoms with Crippen LogP contribution in [-0.2, 0) is 13.0 Å². The molecule has 0 saturated carbocycles. The van der Waals surface area contributed by atoms with Gasteiger partial charge in [0.1, 0.15) is 0 Å². The van der Waals surface area contributed by atoms with Gasteiger partial charge in [-0.25, -0.2) is 0 Å². The lowest BCUT2D eigenvalue weighted by atomic mass is 10.00. The number of rotatable bonds is 1. The molecular weight excluding hydrogens is 204 g/mol. The third-order valence-electron chi connectivity index (χ3n) is 2.32. The van der Waals surface area contributed by atoms with Crippen LogP contribution in [0.4, 0.5) is 5.69 Å². The molecular formula is C9H11ClN2O2. The third kappa shape index (κ3) is 1.86. The summed E-state index contributed by atoms with van der Waals surface area (Å²) < 4.78 is 0. The molecule has 0 aliphatic carbocycles. The second-order valence-electron chi connectivity index (χ2n) is 3.10. The van der Waals surface area contributed by atoms with Gasteiger partial charge in [-0.15, -0.1) is 12.4 Å². The zero-order valence-corrected chi connectivity index (χ0v) is 8.34. The second kappa shape index (κ2) is 4.39. The fourth-order valence-corrected chi connectivity index (χ4v) is 1.67. The van der Waals surface area contributed by atoms with E-state index < -0.39 is 0 Å². The van der Waals surface area contributed by atoms with Gasteiger partial charge in [0, 0.05) is 18.2 Å². The normalized spacial score (nSPS) is 14.0. The molecule has 14 heavy (non-hydrogen) atoms. The minimum absolute atomic E-state index is 0. The largest absolute Gasteiger partial charge is 0.312 e. The van der Waals surface area contributed by atoms with Crippen LogP contribution in [0.5, 0.6) is 0 Å². The molecule has 1 aromatic carbocycles. The Hall–Kier alpha value is -1.13. The SMILES string of the molecule is Cl.O=[N+]([O-])c1cccc2c1CNCC2. The zero-order valence-electron chi connectivity index (χ0n) is 7.53. The van der Waals surface area contributed by atoms with Gasteiger partial charge in [-0.3, -0.25) is 10.1 Å². The van der Waals surface area contributed by atoms with E-state index in [0.717, 1.165) is 24.1 Å². The highest BCUT2D eigenvalue weighted by atomic mass is 35.5. The fourth-order valence-electron chi connectivity index (χ4n) is 1.67. The number of hydrogen-bond acceptors (Lipinski definition) is 3. The van der Waals surface area contributed by atoms with E-state index >= 15 is 0 Å². The molecule has 1 aliphatic heterocycles. The molecule has 0 saturated heterocycles. The molecule has 2 rings (SSSR count). The lowest BCUT2D eigenvalue weighted by Gasteiger charge is -2.16. The summed E-state index contributed by atoms with van der Waals surface area (Å²) in [6, 6.07) is 5.28. The van der Waals surface area contributed by atoms with Crippen molar-refractivity contribution in [2.45, 2.75) is 13.0 Å². The van der Waals surface area contributed by atoms with Crippen molar-refractivity contribution >= 4 is 18.1 Å². The quantitative estimate of drug-likeness (QED) is 0.572. The topological polar surface area (TPSA) is 55.2 Å². The Balaban J connectivity index is 0.000000980. The van der Waals surface area contributed by atoms with Gasteiger partial charge in [0.2, 0.25) is 0 Å². The van der Waals surface area contributed by atoms with Gasteiger partial charge in [-0.05, 0) is 18.5 Å². The Kier molecular flexibility index (Phi) is 3.43. The Morgan fingerprint density at radius 2 is 2.21 bits per heavy atom. The van der Waals surface area contributed by atoms with Gasteiger partial charge in [0.05, 0.1) is 4.92 Å². The van der Waals surface area contributed by atoms with Crippen LogP contribution in [0.15, 0.2) is 18.2 Å². The summed E-state index contributed by atoms with van der Waals surface area (Å²) in [6.45, 7) is 1.53. The number of nitrogens with one attached hydrogen (secondary N) is 1.